The smallest absolute Gasteiger partial charge is 0.227 e. The van der Waals surface area contributed by atoms with Crippen molar-refractivity contribution in [1.29, 1.82) is 0 Å². The quantitative estimate of drug-likeness (QED) is 0.622. The number of nitrogens with zero attached hydrogens (tertiary/aromatic N) is 4. The Labute approximate surface area is 148 Å². The third-order valence-corrected chi connectivity index (χ3v) is 6.45. The van der Waals surface area contributed by atoms with E-state index in [-0.39, 0.29) is 5.92 Å². The number of likely N-dealkylation sites (tertiary alicyclic amines) is 1. The molecule has 0 radical (unpaired) electrons. The Morgan fingerprint density at radius 1 is 1.17 bits per heavy atom. The molecule has 0 aromatic carbocycles. The Bertz CT molecular complexity index is 625. The highest BCUT2D eigenvalue weighted by Crippen LogP contribution is 2.38. The molecule has 5 nitrogen and oxygen atoms in total. The molecule has 1 amide bonds. The summed E-state index contributed by atoms with van der Waals surface area (Å²) in [5.41, 5.74) is 0.992. The Morgan fingerprint density at radius 2 is 1.92 bits per heavy atom. The molecule has 6 heteroatoms. The third-order valence-electron chi connectivity index (χ3n) is 5.90. The minimum atomic E-state index is 0.136. The topological polar surface area (TPSA) is 49.3 Å². The third kappa shape index (κ3) is 3.01. The molecule has 3 fully saturated rings. The predicted molar refractivity (Wildman–Crippen MR) is 96.3 cm³/mol. The van der Waals surface area contributed by atoms with E-state index in [4.69, 9.17) is 0 Å². The number of carbonyl (C=O) groups excluding carboxylic acids is 1. The maximum absolute atomic E-state index is 12.9. The van der Waals surface area contributed by atoms with Crippen molar-refractivity contribution in [3.8, 4) is 0 Å². The summed E-state index contributed by atoms with van der Waals surface area (Å²) in [5.74, 6) is 3.04. The zero-order valence-electron chi connectivity index (χ0n) is 14.6. The largest absolute Gasteiger partial charge is 0.356 e. The van der Waals surface area contributed by atoms with Gasteiger partial charge in [-0.2, -0.15) is 0 Å². The van der Waals surface area contributed by atoms with E-state index in [0.29, 0.717) is 5.91 Å². The monoisotopic (exact) mass is 346 g/mol. The number of rotatable bonds is 3. The van der Waals surface area contributed by atoms with Crippen LogP contribution in [0, 0.1) is 24.7 Å². The van der Waals surface area contributed by atoms with Gasteiger partial charge in [0.15, 0.2) is 5.16 Å². The van der Waals surface area contributed by atoms with E-state index in [2.05, 4.69) is 19.8 Å². The minimum absolute atomic E-state index is 0.136. The standard InChI is InChI=1S/C18H26N4OS/c1-12-8-16(20-18(19-12)24-2)21-7-6-15(11-21)17(23)22-9-13-4-3-5-14(13)10-22/h8,13-15H,3-7,9-11H2,1-2H3. The van der Waals surface area contributed by atoms with E-state index in [1.165, 1.54) is 19.3 Å². The summed E-state index contributed by atoms with van der Waals surface area (Å²) < 4.78 is 0. The summed E-state index contributed by atoms with van der Waals surface area (Å²) in [5, 5.41) is 0.812. The number of aromatic nitrogens is 2. The number of hydrogen-bond donors (Lipinski definition) is 0. The summed E-state index contributed by atoms with van der Waals surface area (Å²) >= 11 is 1.57. The summed E-state index contributed by atoms with van der Waals surface area (Å²) in [7, 11) is 0. The van der Waals surface area contributed by atoms with Crippen molar-refractivity contribution in [2.45, 2.75) is 37.8 Å². The van der Waals surface area contributed by atoms with Crippen LogP contribution in [0.2, 0.25) is 0 Å². The van der Waals surface area contributed by atoms with Crippen molar-refractivity contribution < 1.29 is 4.79 Å². The van der Waals surface area contributed by atoms with Crippen LogP contribution in [-0.2, 0) is 4.79 Å². The molecule has 0 spiro atoms. The van der Waals surface area contributed by atoms with Gasteiger partial charge in [0.2, 0.25) is 5.91 Å². The van der Waals surface area contributed by atoms with Crippen LogP contribution in [0.3, 0.4) is 0 Å². The van der Waals surface area contributed by atoms with Gasteiger partial charge in [-0.05, 0) is 44.3 Å². The molecule has 0 bridgehead atoms. The lowest BCUT2D eigenvalue weighted by Crippen LogP contribution is -2.36. The molecule has 2 saturated heterocycles. The van der Waals surface area contributed by atoms with Gasteiger partial charge >= 0.3 is 0 Å². The van der Waals surface area contributed by atoms with Gasteiger partial charge < -0.3 is 9.80 Å². The molecule has 24 heavy (non-hydrogen) atoms. The van der Waals surface area contributed by atoms with Crippen molar-refractivity contribution in [3.63, 3.8) is 0 Å². The fourth-order valence-corrected chi connectivity index (χ4v) is 5.04. The SMILES string of the molecule is CSc1nc(C)cc(N2CCC(C(=O)N3CC4CCCC4C3)C2)n1. The van der Waals surface area contributed by atoms with Crippen LogP contribution < -0.4 is 4.90 Å². The number of amides is 1. The lowest BCUT2D eigenvalue weighted by molar-refractivity contribution is -0.134. The first-order valence-corrected chi connectivity index (χ1v) is 10.3. The Balaban J connectivity index is 1.41. The van der Waals surface area contributed by atoms with E-state index >= 15 is 0 Å². The van der Waals surface area contributed by atoms with Crippen LogP contribution in [0.25, 0.3) is 0 Å². The van der Waals surface area contributed by atoms with Crippen LogP contribution >= 0.6 is 11.8 Å². The lowest BCUT2D eigenvalue weighted by Gasteiger charge is -2.22. The highest BCUT2D eigenvalue weighted by Gasteiger charge is 2.41. The predicted octanol–water partition coefficient (Wildman–Crippen LogP) is 2.59. The van der Waals surface area contributed by atoms with Gasteiger partial charge in [0.25, 0.3) is 0 Å². The summed E-state index contributed by atoms with van der Waals surface area (Å²) in [4.78, 5) is 26.4. The Morgan fingerprint density at radius 3 is 2.62 bits per heavy atom. The average Bonchev–Trinajstić information content (AvgIpc) is 3.28. The number of fused-ring (bicyclic) bond motifs is 1. The molecular formula is C18H26N4OS. The highest BCUT2D eigenvalue weighted by atomic mass is 32.2. The lowest BCUT2D eigenvalue weighted by atomic mass is 10.0. The van der Waals surface area contributed by atoms with E-state index in [9.17, 15) is 4.79 Å². The first-order chi connectivity index (χ1) is 11.6. The molecule has 2 aliphatic heterocycles. The van der Waals surface area contributed by atoms with Gasteiger partial charge in [-0.15, -0.1) is 0 Å². The summed E-state index contributed by atoms with van der Waals surface area (Å²) in [6.45, 7) is 5.73. The second kappa shape index (κ2) is 6.54. The first-order valence-electron chi connectivity index (χ1n) is 9.07. The van der Waals surface area contributed by atoms with Crippen LogP contribution in [0.15, 0.2) is 11.2 Å². The van der Waals surface area contributed by atoms with Gasteiger partial charge in [-0.3, -0.25) is 4.79 Å². The molecule has 1 saturated carbocycles. The molecular weight excluding hydrogens is 320 g/mol. The molecule has 1 aliphatic carbocycles. The van der Waals surface area contributed by atoms with E-state index < -0.39 is 0 Å². The number of carbonyl (C=O) groups is 1. The molecule has 3 unspecified atom stereocenters. The second-order valence-corrected chi connectivity index (χ2v) is 8.25. The van der Waals surface area contributed by atoms with E-state index in [1.54, 1.807) is 11.8 Å². The zero-order valence-corrected chi connectivity index (χ0v) is 15.4. The normalized spacial score (nSPS) is 29.3. The molecule has 3 heterocycles. The van der Waals surface area contributed by atoms with Gasteiger partial charge in [0.1, 0.15) is 5.82 Å². The van der Waals surface area contributed by atoms with Crippen molar-refractivity contribution >= 4 is 23.5 Å². The Hall–Kier alpha value is -1.30. The minimum Gasteiger partial charge on any atom is -0.356 e. The number of thioether (sulfide) groups is 1. The molecule has 0 N–H and O–H groups in total. The maximum atomic E-state index is 12.9. The van der Waals surface area contributed by atoms with Gasteiger partial charge in [-0.1, -0.05) is 18.2 Å². The molecule has 3 atom stereocenters. The van der Waals surface area contributed by atoms with Crippen LogP contribution in [0.4, 0.5) is 5.82 Å². The molecule has 130 valence electrons. The first kappa shape index (κ1) is 16.2. The van der Waals surface area contributed by atoms with Crippen molar-refractivity contribution in [1.82, 2.24) is 14.9 Å². The Kier molecular flexibility index (Phi) is 4.41. The number of hydrogen-bond acceptors (Lipinski definition) is 5. The van der Waals surface area contributed by atoms with Crippen LogP contribution in [-0.4, -0.2) is 53.2 Å². The van der Waals surface area contributed by atoms with Crippen molar-refractivity contribution in [2.24, 2.45) is 17.8 Å². The van der Waals surface area contributed by atoms with Crippen molar-refractivity contribution in [3.05, 3.63) is 11.8 Å². The average molecular weight is 347 g/mol. The van der Waals surface area contributed by atoms with E-state index in [0.717, 1.165) is 61.1 Å². The van der Waals surface area contributed by atoms with Gasteiger partial charge in [-0.25, -0.2) is 9.97 Å². The molecule has 1 aromatic rings. The van der Waals surface area contributed by atoms with Crippen LogP contribution in [0.1, 0.15) is 31.4 Å². The van der Waals surface area contributed by atoms with Crippen LogP contribution in [0.5, 0.6) is 0 Å². The summed E-state index contributed by atoms with van der Waals surface area (Å²) in [6.07, 6.45) is 6.95. The molecule has 3 aliphatic rings. The number of anilines is 1. The van der Waals surface area contributed by atoms with Gasteiger partial charge in [0.05, 0.1) is 5.92 Å². The van der Waals surface area contributed by atoms with Crippen molar-refractivity contribution in [2.75, 3.05) is 37.3 Å². The summed E-state index contributed by atoms with van der Waals surface area (Å²) in [6, 6.07) is 2.03. The fourth-order valence-electron chi connectivity index (χ4n) is 4.62. The highest BCUT2D eigenvalue weighted by molar-refractivity contribution is 7.98. The molecule has 4 rings (SSSR count). The maximum Gasteiger partial charge on any atom is 0.227 e. The van der Waals surface area contributed by atoms with Gasteiger partial charge in [0, 0.05) is 37.9 Å². The fraction of sp³-hybridized carbons (Fsp3) is 0.722. The zero-order chi connectivity index (χ0) is 16.7. The number of aryl methyl sites for hydroxylation is 1. The second-order valence-electron chi connectivity index (χ2n) is 7.48. The van der Waals surface area contributed by atoms with E-state index in [1.807, 2.05) is 19.2 Å². The molecule has 1 aromatic heterocycles.